The molecule has 1 unspecified atom stereocenters. The van der Waals surface area contributed by atoms with E-state index >= 15 is 0 Å². The van der Waals surface area contributed by atoms with Gasteiger partial charge in [0.15, 0.2) is 0 Å². The van der Waals surface area contributed by atoms with E-state index in [1.165, 1.54) is 30.3 Å². The van der Waals surface area contributed by atoms with Crippen LogP contribution in [0.25, 0.3) is 0 Å². The SMILES string of the molecule is CCOC(=O)c1ccc(O)c(C(O)c2cccc(C(=O)OCC)n2)c1. The molecule has 7 nitrogen and oxygen atoms in total. The fourth-order valence-electron chi connectivity index (χ4n) is 2.20. The van der Waals surface area contributed by atoms with Gasteiger partial charge in [-0.15, -0.1) is 0 Å². The Labute approximate surface area is 144 Å². The zero-order valence-electron chi connectivity index (χ0n) is 13.9. The van der Waals surface area contributed by atoms with Crippen LogP contribution >= 0.6 is 0 Å². The first-order valence-electron chi connectivity index (χ1n) is 7.80. The lowest BCUT2D eigenvalue weighted by Gasteiger charge is -2.14. The third kappa shape index (κ3) is 4.33. The van der Waals surface area contributed by atoms with Crippen molar-refractivity contribution in [1.29, 1.82) is 0 Å². The fraction of sp³-hybridized carbons (Fsp3) is 0.278. The van der Waals surface area contributed by atoms with Gasteiger partial charge < -0.3 is 19.7 Å². The highest BCUT2D eigenvalue weighted by Crippen LogP contribution is 2.29. The van der Waals surface area contributed by atoms with Crippen molar-refractivity contribution >= 4 is 11.9 Å². The van der Waals surface area contributed by atoms with Crippen LogP contribution in [0.3, 0.4) is 0 Å². The van der Waals surface area contributed by atoms with Crippen molar-refractivity contribution in [2.75, 3.05) is 13.2 Å². The van der Waals surface area contributed by atoms with Crippen molar-refractivity contribution in [3.05, 3.63) is 58.9 Å². The molecule has 1 atom stereocenters. The zero-order chi connectivity index (χ0) is 18.4. The van der Waals surface area contributed by atoms with E-state index < -0.39 is 18.0 Å². The second-order valence-electron chi connectivity index (χ2n) is 5.06. The number of ether oxygens (including phenoxy) is 2. The van der Waals surface area contributed by atoms with Crippen LogP contribution in [0.1, 0.15) is 52.1 Å². The predicted molar refractivity (Wildman–Crippen MR) is 88.3 cm³/mol. The number of benzene rings is 1. The molecule has 0 fully saturated rings. The molecular weight excluding hydrogens is 326 g/mol. The maximum Gasteiger partial charge on any atom is 0.356 e. The lowest BCUT2D eigenvalue weighted by Crippen LogP contribution is -2.11. The number of rotatable bonds is 6. The molecule has 7 heteroatoms. The van der Waals surface area contributed by atoms with Gasteiger partial charge >= 0.3 is 11.9 Å². The Kier molecular flexibility index (Phi) is 6.08. The highest BCUT2D eigenvalue weighted by molar-refractivity contribution is 5.90. The molecule has 25 heavy (non-hydrogen) atoms. The molecule has 0 aliphatic heterocycles. The fourth-order valence-corrected chi connectivity index (χ4v) is 2.20. The molecule has 1 aromatic heterocycles. The number of phenols is 1. The van der Waals surface area contributed by atoms with E-state index in [-0.39, 0.29) is 41.5 Å². The monoisotopic (exact) mass is 345 g/mol. The van der Waals surface area contributed by atoms with E-state index in [1.54, 1.807) is 19.9 Å². The first kappa shape index (κ1) is 18.4. The van der Waals surface area contributed by atoms with Gasteiger partial charge in [0.1, 0.15) is 17.5 Å². The Morgan fingerprint density at radius 3 is 2.44 bits per heavy atom. The Balaban J connectivity index is 2.35. The third-order valence-electron chi connectivity index (χ3n) is 3.37. The Morgan fingerprint density at radius 1 is 1.08 bits per heavy atom. The normalized spacial score (nSPS) is 11.6. The van der Waals surface area contributed by atoms with Gasteiger partial charge in [-0.25, -0.2) is 14.6 Å². The van der Waals surface area contributed by atoms with Crippen LogP contribution in [0, 0.1) is 0 Å². The number of pyridine rings is 1. The molecule has 132 valence electrons. The number of aromatic nitrogens is 1. The second-order valence-corrected chi connectivity index (χ2v) is 5.06. The molecule has 2 N–H and O–H groups in total. The second kappa shape index (κ2) is 8.25. The lowest BCUT2D eigenvalue weighted by atomic mass is 10.0. The standard InChI is InChI=1S/C18H19NO6/c1-3-24-17(22)11-8-9-15(20)12(10-11)16(21)13-6-5-7-14(19-13)18(23)25-4-2/h5-10,16,20-21H,3-4H2,1-2H3. The Bertz CT molecular complexity index is 774. The highest BCUT2D eigenvalue weighted by atomic mass is 16.5. The molecule has 0 aliphatic rings. The van der Waals surface area contributed by atoms with Crippen molar-refractivity contribution in [2.24, 2.45) is 0 Å². The first-order valence-corrected chi connectivity index (χ1v) is 7.80. The third-order valence-corrected chi connectivity index (χ3v) is 3.37. The number of nitrogens with zero attached hydrogens (tertiary/aromatic N) is 1. The molecular formula is C18H19NO6. The molecule has 2 rings (SSSR count). The number of aromatic hydroxyl groups is 1. The van der Waals surface area contributed by atoms with Crippen LogP contribution in [0.5, 0.6) is 5.75 Å². The lowest BCUT2D eigenvalue weighted by molar-refractivity contribution is 0.0512. The summed E-state index contributed by atoms with van der Waals surface area (Å²) in [6.07, 6.45) is -1.33. The van der Waals surface area contributed by atoms with Gasteiger partial charge in [0.05, 0.1) is 24.5 Å². The summed E-state index contributed by atoms with van der Waals surface area (Å²) in [5.74, 6) is -1.38. The van der Waals surface area contributed by atoms with Gasteiger partial charge in [-0.05, 0) is 44.2 Å². The van der Waals surface area contributed by atoms with Crippen molar-refractivity contribution in [2.45, 2.75) is 20.0 Å². The summed E-state index contributed by atoms with van der Waals surface area (Å²) < 4.78 is 9.78. The molecule has 0 saturated heterocycles. The molecule has 1 heterocycles. The van der Waals surface area contributed by atoms with Gasteiger partial charge in [-0.3, -0.25) is 0 Å². The molecule has 0 radical (unpaired) electrons. The quantitative estimate of drug-likeness (QED) is 0.773. The molecule has 0 amide bonds. The predicted octanol–water partition coefficient (Wildman–Crippen LogP) is 2.22. The number of aliphatic hydroxyl groups is 1. The van der Waals surface area contributed by atoms with Crippen LogP contribution in [0.2, 0.25) is 0 Å². The Hall–Kier alpha value is -2.93. The van der Waals surface area contributed by atoms with Crippen LogP contribution in [-0.2, 0) is 9.47 Å². The summed E-state index contributed by atoms with van der Waals surface area (Å²) in [6.45, 7) is 3.77. The molecule has 0 saturated carbocycles. The van der Waals surface area contributed by atoms with Crippen molar-refractivity contribution in [3.8, 4) is 5.75 Å². The van der Waals surface area contributed by atoms with E-state index in [0.717, 1.165) is 0 Å². The van der Waals surface area contributed by atoms with E-state index in [9.17, 15) is 19.8 Å². The minimum Gasteiger partial charge on any atom is -0.508 e. The van der Waals surface area contributed by atoms with Gasteiger partial charge in [-0.1, -0.05) is 6.07 Å². The zero-order valence-corrected chi connectivity index (χ0v) is 13.9. The van der Waals surface area contributed by atoms with Crippen molar-refractivity contribution in [3.63, 3.8) is 0 Å². The van der Waals surface area contributed by atoms with Crippen LogP contribution in [-0.4, -0.2) is 40.3 Å². The van der Waals surface area contributed by atoms with Gasteiger partial charge in [-0.2, -0.15) is 0 Å². The van der Waals surface area contributed by atoms with Gasteiger partial charge in [0.2, 0.25) is 0 Å². The number of carbonyl (C=O) groups excluding carboxylic acids is 2. The molecule has 0 aliphatic carbocycles. The number of esters is 2. The number of aliphatic hydroxyl groups excluding tert-OH is 1. The molecule has 0 bridgehead atoms. The average molecular weight is 345 g/mol. The smallest absolute Gasteiger partial charge is 0.356 e. The van der Waals surface area contributed by atoms with E-state index in [4.69, 9.17) is 9.47 Å². The molecule has 1 aromatic carbocycles. The summed E-state index contributed by atoms with van der Waals surface area (Å²) in [4.78, 5) is 27.6. The van der Waals surface area contributed by atoms with Crippen LogP contribution < -0.4 is 0 Å². The van der Waals surface area contributed by atoms with Crippen molar-refractivity contribution in [1.82, 2.24) is 4.98 Å². The number of hydrogen-bond acceptors (Lipinski definition) is 7. The average Bonchev–Trinajstić information content (AvgIpc) is 2.62. The number of carbonyl (C=O) groups is 2. The highest BCUT2D eigenvalue weighted by Gasteiger charge is 2.20. The molecule has 2 aromatic rings. The maximum atomic E-state index is 11.8. The number of hydrogen-bond donors (Lipinski definition) is 2. The molecule has 0 spiro atoms. The summed E-state index contributed by atoms with van der Waals surface area (Å²) in [7, 11) is 0. The van der Waals surface area contributed by atoms with Crippen molar-refractivity contribution < 1.29 is 29.3 Å². The summed E-state index contributed by atoms with van der Waals surface area (Å²) in [6, 6.07) is 8.53. The summed E-state index contributed by atoms with van der Waals surface area (Å²) in [5, 5.41) is 20.5. The maximum absolute atomic E-state index is 11.8. The minimum atomic E-state index is -1.33. The topological polar surface area (TPSA) is 106 Å². The van der Waals surface area contributed by atoms with Gasteiger partial charge in [0, 0.05) is 5.56 Å². The van der Waals surface area contributed by atoms with Crippen LogP contribution in [0.15, 0.2) is 36.4 Å². The van der Waals surface area contributed by atoms with E-state index in [2.05, 4.69) is 4.98 Å². The number of phenolic OH excluding ortho intramolecular Hbond substituents is 1. The van der Waals surface area contributed by atoms with Gasteiger partial charge in [0.25, 0.3) is 0 Å². The van der Waals surface area contributed by atoms with E-state index in [1.807, 2.05) is 0 Å². The van der Waals surface area contributed by atoms with Crippen LogP contribution in [0.4, 0.5) is 0 Å². The largest absolute Gasteiger partial charge is 0.508 e. The summed E-state index contributed by atoms with van der Waals surface area (Å²) >= 11 is 0. The van der Waals surface area contributed by atoms with E-state index in [0.29, 0.717) is 0 Å². The summed E-state index contributed by atoms with van der Waals surface area (Å²) in [5.41, 5.74) is 0.454. The first-order chi connectivity index (χ1) is 12.0. The Morgan fingerprint density at radius 2 is 1.76 bits per heavy atom. The minimum absolute atomic E-state index is 0.0411.